The molecule has 0 aliphatic carbocycles. The molecule has 4 nitrogen and oxygen atoms in total. The van der Waals surface area contributed by atoms with Crippen molar-refractivity contribution in [3.05, 3.63) is 0 Å². The maximum atomic E-state index is 11.2. The Labute approximate surface area is 91.8 Å². The molecule has 1 aliphatic heterocycles. The van der Waals surface area contributed by atoms with E-state index in [9.17, 15) is 9.90 Å². The molecule has 0 aromatic rings. The summed E-state index contributed by atoms with van der Waals surface area (Å²) in [7, 11) is 0. The molecule has 1 N–H and O–H groups in total. The van der Waals surface area contributed by atoms with Crippen LogP contribution in [0, 0.1) is 5.41 Å². The van der Waals surface area contributed by atoms with E-state index in [-0.39, 0.29) is 5.41 Å². The molecule has 0 atom stereocenters. The molecule has 0 aromatic heterocycles. The van der Waals surface area contributed by atoms with Crippen LogP contribution in [0.15, 0.2) is 0 Å². The maximum absolute atomic E-state index is 11.2. The molecule has 0 radical (unpaired) electrons. The third-order valence-electron chi connectivity index (χ3n) is 2.52. The van der Waals surface area contributed by atoms with Gasteiger partial charge in [0, 0.05) is 19.6 Å². The first-order valence-corrected chi connectivity index (χ1v) is 5.65. The van der Waals surface area contributed by atoms with E-state index in [1.165, 1.54) is 11.4 Å². The van der Waals surface area contributed by atoms with Gasteiger partial charge in [0.1, 0.15) is 0 Å². The quantitative estimate of drug-likeness (QED) is 0.767. The van der Waals surface area contributed by atoms with Crippen molar-refractivity contribution in [2.45, 2.75) is 40.0 Å². The fourth-order valence-corrected chi connectivity index (χ4v) is 1.86. The van der Waals surface area contributed by atoms with Crippen LogP contribution in [0.4, 0.5) is 4.79 Å². The lowest BCUT2D eigenvalue weighted by Crippen LogP contribution is -2.51. The average molecular weight is 214 g/mol. The Morgan fingerprint density at radius 3 is 2.20 bits per heavy atom. The van der Waals surface area contributed by atoms with Crippen molar-refractivity contribution in [3.63, 3.8) is 0 Å². The molecule has 0 bridgehead atoms. The average Bonchev–Trinajstić information content (AvgIpc) is 2.14. The number of carbonyl (C=O) groups is 1. The molecule has 1 fully saturated rings. The highest BCUT2D eigenvalue weighted by Crippen LogP contribution is 2.19. The van der Waals surface area contributed by atoms with E-state index in [4.69, 9.17) is 0 Å². The number of hydrogen-bond acceptors (Lipinski definition) is 2. The van der Waals surface area contributed by atoms with Crippen molar-refractivity contribution in [1.29, 1.82) is 0 Å². The second kappa shape index (κ2) is 4.84. The largest absolute Gasteiger partial charge is 0.464 e. The summed E-state index contributed by atoms with van der Waals surface area (Å²) in [4.78, 5) is 11.2. The van der Waals surface area contributed by atoms with Crippen molar-refractivity contribution < 1.29 is 9.90 Å². The lowest BCUT2D eigenvalue weighted by molar-refractivity contribution is -0.0399. The van der Waals surface area contributed by atoms with E-state index in [0.29, 0.717) is 6.54 Å². The number of hydrazine groups is 1. The van der Waals surface area contributed by atoms with Gasteiger partial charge in [-0.1, -0.05) is 27.2 Å². The normalized spacial score (nSPS) is 18.9. The van der Waals surface area contributed by atoms with Crippen molar-refractivity contribution >= 4 is 6.09 Å². The van der Waals surface area contributed by atoms with E-state index >= 15 is 0 Å². The van der Waals surface area contributed by atoms with Crippen LogP contribution >= 0.6 is 0 Å². The van der Waals surface area contributed by atoms with E-state index in [1.807, 2.05) is 5.01 Å². The molecule has 1 heterocycles. The summed E-state index contributed by atoms with van der Waals surface area (Å²) in [5, 5.41) is 12.6. The Balaban J connectivity index is 2.60. The topological polar surface area (TPSA) is 43.8 Å². The van der Waals surface area contributed by atoms with Gasteiger partial charge in [-0.15, -0.1) is 0 Å². The molecule has 1 saturated heterocycles. The van der Waals surface area contributed by atoms with Crippen molar-refractivity contribution in [2.24, 2.45) is 5.41 Å². The highest BCUT2D eigenvalue weighted by molar-refractivity contribution is 5.64. The van der Waals surface area contributed by atoms with Gasteiger partial charge in [0.15, 0.2) is 0 Å². The van der Waals surface area contributed by atoms with Crippen LogP contribution in [0.25, 0.3) is 0 Å². The van der Waals surface area contributed by atoms with E-state index < -0.39 is 6.09 Å². The van der Waals surface area contributed by atoms with Crippen LogP contribution in [0.5, 0.6) is 0 Å². The van der Waals surface area contributed by atoms with Gasteiger partial charge in [0.25, 0.3) is 0 Å². The smallest absolute Gasteiger partial charge is 0.422 e. The molecule has 0 unspecified atom stereocenters. The molecule has 4 heteroatoms. The minimum Gasteiger partial charge on any atom is -0.464 e. The molecule has 1 amide bonds. The number of amides is 1. The van der Waals surface area contributed by atoms with Crippen LogP contribution in [-0.4, -0.2) is 40.9 Å². The summed E-state index contributed by atoms with van der Waals surface area (Å²) in [6, 6.07) is 0. The first-order valence-electron chi connectivity index (χ1n) is 5.65. The zero-order valence-electron chi connectivity index (χ0n) is 9.99. The fourth-order valence-electron chi connectivity index (χ4n) is 1.86. The standard InChI is InChI=1S/C11H22N2O2/c1-11(2,3)9-13(10(14)15)12-7-5-4-6-8-12/h4-9H2,1-3H3,(H,14,15). The highest BCUT2D eigenvalue weighted by Gasteiger charge is 2.26. The Hall–Kier alpha value is -0.770. The lowest BCUT2D eigenvalue weighted by Gasteiger charge is -2.38. The minimum absolute atomic E-state index is 0.00976. The van der Waals surface area contributed by atoms with Crippen molar-refractivity contribution in [3.8, 4) is 0 Å². The predicted molar refractivity (Wildman–Crippen MR) is 59.6 cm³/mol. The molecule has 0 spiro atoms. The second-order valence-corrected chi connectivity index (χ2v) is 5.42. The Bertz CT molecular complexity index is 217. The lowest BCUT2D eigenvalue weighted by atomic mass is 9.97. The number of rotatable bonds is 2. The minimum atomic E-state index is -0.827. The Kier molecular flexibility index (Phi) is 3.97. The van der Waals surface area contributed by atoms with Crippen LogP contribution in [-0.2, 0) is 0 Å². The summed E-state index contributed by atoms with van der Waals surface area (Å²) in [6.45, 7) is 8.51. The third kappa shape index (κ3) is 4.08. The van der Waals surface area contributed by atoms with Crippen molar-refractivity contribution in [1.82, 2.24) is 10.0 Å². The molecule has 0 saturated carbocycles. The predicted octanol–water partition coefficient (Wildman–Crippen LogP) is 2.41. The molecule has 88 valence electrons. The molecule has 1 aliphatic rings. The number of hydrogen-bond donors (Lipinski definition) is 1. The summed E-state index contributed by atoms with van der Waals surface area (Å²) >= 11 is 0. The van der Waals surface area contributed by atoms with Crippen LogP contribution < -0.4 is 0 Å². The van der Waals surface area contributed by atoms with E-state index in [0.717, 1.165) is 25.9 Å². The summed E-state index contributed by atoms with van der Waals surface area (Å²) in [5.74, 6) is 0. The van der Waals surface area contributed by atoms with Gasteiger partial charge >= 0.3 is 6.09 Å². The van der Waals surface area contributed by atoms with Crippen LogP contribution in [0.1, 0.15) is 40.0 Å². The second-order valence-electron chi connectivity index (χ2n) is 5.42. The van der Waals surface area contributed by atoms with Gasteiger partial charge in [-0.3, -0.25) is 0 Å². The van der Waals surface area contributed by atoms with Crippen LogP contribution in [0.2, 0.25) is 0 Å². The monoisotopic (exact) mass is 214 g/mol. The third-order valence-corrected chi connectivity index (χ3v) is 2.52. The Morgan fingerprint density at radius 1 is 1.27 bits per heavy atom. The van der Waals surface area contributed by atoms with Gasteiger partial charge in [-0.25, -0.2) is 14.8 Å². The SMILES string of the molecule is CC(C)(C)CN(C(=O)O)N1CCCCC1. The molecule has 15 heavy (non-hydrogen) atoms. The number of piperidine rings is 1. The van der Waals surface area contributed by atoms with Gasteiger partial charge in [0.2, 0.25) is 0 Å². The summed E-state index contributed by atoms with van der Waals surface area (Å²) in [5.41, 5.74) is 0.00976. The molecular weight excluding hydrogens is 192 g/mol. The molecule has 0 aromatic carbocycles. The molecule has 1 rings (SSSR count). The Morgan fingerprint density at radius 2 is 1.80 bits per heavy atom. The van der Waals surface area contributed by atoms with Gasteiger partial charge < -0.3 is 5.11 Å². The van der Waals surface area contributed by atoms with Crippen molar-refractivity contribution in [2.75, 3.05) is 19.6 Å². The van der Waals surface area contributed by atoms with Crippen LogP contribution in [0.3, 0.4) is 0 Å². The summed E-state index contributed by atoms with van der Waals surface area (Å²) in [6.07, 6.45) is 2.60. The number of carboxylic acid groups (broad SMARTS) is 1. The molecular formula is C11H22N2O2. The maximum Gasteiger partial charge on any atom is 0.422 e. The van der Waals surface area contributed by atoms with Gasteiger partial charge in [0.05, 0.1) is 0 Å². The summed E-state index contributed by atoms with van der Waals surface area (Å²) < 4.78 is 0. The van der Waals surface area contributed by atoms with Gasteiger partial charge in [-0.05, 0) is 18.3 Å². The zero-order chi connectivity index (χ0) is 11.5. The fraction of sp³-hybridized carbons (Fsp3) is 0.909. The number of nitrogens with zero attached hydrogens (tertiary/aromatic N) is 2. The first kappa shape index (κ1) is 12.3. The first-order chi connectivity index (χ1) is 6.90. The van der Waals surface area contributed by atoms with E-state index in [1.54, 1.807) is 0 Å². The van der Waals surface area contributed by atoms with Gasteiger partial charge in [-0.2, -0.15) is 0 Å². The van der Waals surface area contributed by atoms with E-state index in [2.05, 4.69) is 20.8 Å². The zero-order valence-corrected chi connectivity index (χ0v) is 9.99. The highest BCUT2D eigenvalue weighted by atomic mass is 16.4.